The van der Waals surface area contributed by atoms with E-state index in [1.54, 1.807) is 11.3 Å². The lowest BCUT2D eigenvalue weighted by molar-refractivity contribution is -0.128. The van der Waals surface area contributed by atoms with Crippen LogP contribution < -0.4 is 15.5 Å². The number of hydrogen-bond acceptors (Lipinski definition) is 5. The fraction of sp³-hybridized carbons (Fsp3) is 0.706. The van der Waals surface area contributed by atoms with Gasteiger partial charge in [-0.15, -0.1) is 11.3 Å². The van der Waals surface area contributed by atoms with Gasteiger partial charge in [0, 0.05) is 49.7 Å². The second-order valence-corrected chi connectivity index (χ2v) is 8.29. The molecule has 1 aliphatic carbocycles. The van der Waals surface area contributed by atoms with E-state index in [0.29, 0.717) is 24.9 Å². The number of rotatable bonds is 4. The van der Waals surface area contributed by atoms with E-state index in [1.807, 2.05) is 16.5 Å². The third-order valence-electron chi connectivity index (χ3n) is 5.48. The molecule has 1 aromatic rings. The van der Waals surface area contributed by atoms with Gasteiger partial charge in [0.1, 0.15) is 0 Å². The average molecular weight is 363 g/mol. The lowest BCUT2D eigenvalue weighted by Crippen LogP contribution is -2.50. The molecule has 0 radical (unpaired) electrons. The Hall–Kier alpha value is -1.83. The summed E-state index contributed by atoms with van der Waals surface area (Å²) < 4.78 is 0. The Morgan fingerprint density at radius 2 is 2.00 bits per heavy atom. The Morgan fingerprint density at radius 1 is 1.28 bits per heavy atom. The van der Waals surface area contributed by atoms with Crippen LogP contribution in [0.15, 0.2) is 11.6 Å². The molecule has 136 valence electrons. The first-order valence-corrected chi connectivity index (χ1v) is 9.99. The lowest BCUT2D eigenvalue weighted by Gasteiger charge is -2.32. The molecule has 3 unspecified atom stereocenters. The number of amides is 3. The van der Waals surface area contributed by atoms with E-state index in [0.717, 1.165) is 37.5 Å². The van der Waals surface area contributed by atoms with Crippen molar-refractivity contribution in [2.75, 3.05) is 24.5 Å². The maximum atomic E-state index is 12.3. The van der Waals surface area contributed by atoms with Crippen molar-refractivity contribution in [3.63, 3.8) is 0 Å². The molecule has 1 saturated carbocycles. The van der Waals surface area contributed by atoms with Crippen LogP contribution in [0.3, 0.4) is 0 Å². The van der Waals surface area contributed by atoms with Gasteiger partial charge < -0.3 is 20.4 Å². The monoisotopic (exact) mass is 363 g/mol. The van der Waals surface area contributed by atoms with Crippen LogP contribution in [0.4, 0.5) is 9.93 Å². The van der Waals surface area contributed by atoms with E-state index in [9.17, 15) is 9.59 Å². The normalized spacial score (nSPS) is 29.8. The average Bonchev–Trinajstić information content (AvgIpc) is 3.00. The molecule has 2 aliphatic heterocycles. The van der Waals surface area contributed by atoms with Crippen LogP contribution in [0.5, 0.6) is 0 Å². The summed E-state index contributed by atoms with van der Waals surface area (Å²) >= 11 is 1.65. The van der Waals surface area contributed by atoms with E-state index in [2.05, 4.69) is 27.4 Å². The first-order chi connectivity index (χ1) is 12.1. The van der Waals surface area contributed by atoms with Gasteiger partial charge in [-0.3, -0.25) is 4.79 Å². The van der Waals surface area contributed by atoms with E-state index >= 15 is 0 Å². The first-order valence-electron chi connectivity index (χ1n) is 9.11. The number of nitrogens with one attached hydrogen (secondary N) is 2. The highest BCUT2D eigenvalue weighted by Gasteiger charge is 2.44. The van der Waals surface area contributed by atoms with Gasteiger partial charge in [0.25, 0.3) is 0 Å². The Labute approximate surface area is 151 Å². The zero-order valence-corrected chi connectivity index (χ0v) is 15.3. The van der Waals surface area contributed by atoms with Crippen molar-refractivity contribution in [1.29, 1.82) is 0 Å². The highest BCUT2D eigenvalue weighted by molar-refractivity contribution is 7.13. The van der Waals surface area contributed by atoms with Crippen LogP contribution in [0.25, 0.3) is 0 Å². The van der Waals surface area contributed by atoms with Crippen LogP contribution in [0.1, 0.15) is 32.6 Å². The Morgan fingerprint density at radius 3 is 2.64 bits per heavy atom. The minimum absolute atomic E-state index is 0.0595. The van der Waals surface area contributed by atoms with Gasteiger partial charge in [-0.2, -0.15) is 0 Å². The van der Waals surface area contributed by atoms with Crippen molar-refractivity contribution >= 4 is 28.4 Å². The van der Waals surface area contributed by atoms with Crippen LogP contribution in [-0.4, -0.2) is 59.6 Å². The molecule has 8 heteroatoms. The third kappa shape index (κ3) is 3.73. The number of aromatic nitrogens is 1. The molecular weight excluding hydrogens is 338 g/mol. The third-order valence-corrected chi connectivity index (χ3v) is 6.31. The minimum Gasteiger partial charge on any atom is -0.348 e. The number of nitrogens with zero attached hydrogens (tertiary/aromatic N) is 3. The summed E-state index contributed by atoms with van der Waals surface area (Å²) in [5, 5.41) is 9.10. The van der Waals surface area contributed by atoms with Crippen LogP contribution >= 0.6 is 11.3 Å². The molecule has 3 amide bonds. The van der Waals surface area contributed by atoms with E-state index in [-0.39, 0.29) is 24.0 Å². The van der Waals surface area contributed by atoms with Crippen LogP contribution in [0, 0.1) is 5.92 Å². The van der Waals surface area contributed by atoms with Crippen molar-refractivity contribution in [3.8, 4) is 0 Å². The molecule has 4 rings (SSSR count). The van der Waals surface area contributed by atoms with Gasteiger partial charge in [-0.25, -0.2) is 9.78 Å². The summed E-state index contributed by atoms with van der Waals surface area (Å²) in [6.45, 7) is 4.65. The summed E-state index contributed by atoms with van der Waals surface area (Å²) in [7, 11) is 0. The van der Waals surface area contributed by atoms with Gasteiger partial charge in [0.15, 0.2) is 5.13 Å². The quantitative estimate of drug-likeness (QED) is 0.848. The lowest BCUT2D eigenvalue weighted by atomic mass is 10.1. The number of carbonyl (C=O) groups excluding carboxylic acids is 2. The van der Waals surface area contributed by atoms with Gasteiger partial charge in [-0.1, -0.05) is 6.92 Å². The maximum absolute atomic E-state index is 12.3. The van der Waals surface area contributed by atoms with Crippen molar-refractivity contribution in [2.24, 2.45) is 5.92 Å². The smallest absolute Gasteiger partial charge is 0.315 e. The molecule has 1 aromatic heterocycles. The molecular formula is C17H25N5O2S. The van der Waals surface area contributed by atoms with E-state index in [1.165, 1.54) is 0 Å². The number of thiazole rings is 1. The molecule has 0 spiro atoms. The highest BCUT2D eigenvalue weighted by atomic mass is 32.1. The maximum Gasteiger partial charge on any atom is 0.315 e. The SMILES string of the molecule is CC1CC1N1CC(NC(=O)NC2CCN(c3nccs3)CC2)CC1=O. The second-order valence-electron chi connectivity index (χ2n) is 7.42. The van der Waals surface area contributed by atoms with E-state index in [4.69, 9.17) is 0 Å². The molecule has 25 heavy (non-hydrogen) atoms. The molecule has 3 heterocycles. The fourth-order valence-electron chi connectivity index (χ4n) is 3.89. The predicted molar refractivity (Wildman–Crippen MR) is 96.7 cm³/mol. The summed E-state index contributed by atoms with van der Waals surface area (Å²) in [6, 6.07) is 0.386. The topological polar surface area (TPSA) is 77.6 Å². The van der Waals surface area contributed by atoms with Gasteiger partial charge in [0.2, 0.25) is 5.91 Å². The van der Waals surface area contributed by atoms with Gasteiger partial charge >= 0.3 is 6.03 Å². The molecule has 0 aromatic carbocycles. The second kappa shape index (κ2) is 6.82. The van der Waals surface area contributed by atoms with Crippen molar-refractivity contribution in [3.05, 3.63) is 11.6 Å². The number of anilines is 1. The Kier molecular flexibility index (Phi) is 4.54. The van der Waals surface area contributed by atoms with Crippen LogP contribution in [0.2, 0.25) is 0 Å². The predicted octanol–water partition coefficient (Wildman–Crippen LogP) is 1.42. The highest BCUT2D eigenvalue weighted by Crippen LogP contribution is 2.37. The zero-order chi connectivity index (χ0) is 17.4. The fourth-order valence-corrected chi connectivity index (χ4v) is 4.58. The Balaban J connectivity index is 1.20. The number of carbonyl (C=O) groups is 2. The first kappa shape index (κ1) is 16.6. The molecule has 3 aliphatic rings. The number of urea groups is 1. The van der Waals surface area contributed by atoms with E-state index < -0.39 is 0 Å². The number of piperidine rings is 1. The molecule has 2 saturated heterocycles. The molecule has 3 atom stereocenters. The largest absolute Gasteiger partial charge is 0.348 e. The molecule has 7 nitrogen and oxygen atoms in total. The summed E-state index contributed by atoms with van der Waals surface area (Å²) in [5.41, 5.74) is 0. The minimum atomic E-state index is -0.142. The van der Waals surface area contributed by atoms with Crippen molar-refractivity contribution in [2.45, 2.75) is 50.7 Å². The van der Waals surface area contributed by atoms with Gasteiger partial charge in [-0.05, 0) is 25.2 Å². The zero-order valence-electron chi connectivity index (χ0n) is 14.5. The number of likely N-dealkylation sites (tertiary alicyclic amines) is 1. The summed E-state index contributed by atoms with van der Waals surface area (Å²) in [4.78, 5) is 32.9. The summed E-state index contributed by atoms with van der Waals surface area (Å²) in [5.74, 6) is 0.788. The van der Waals surface area contributed by atoms with Crippen molar-refractivity contribution < 1.29 is 9.59 Å². The van der Waals surface area contributed by atoms with Crippen LogP contribution in [-0.2, 0) is 4.79 Å². The standard InChI is InChI=1S/C17H25N5O2S/c1-11-8-14(11)22-10-13(9-15(22)23)20-16(24)19-12-2-5-21(6-3-12)17-18-4-7-25-17/h4,7,11-14H,2-3,5-6,8-10H2,1H3,(H2,19,20,24). The molecule has 2 N–H and O–H groups in total. The van der Waals surface area contributed by atoms with Gasteiger partial charge in [0.05, 0.1) is 6.04 Å². The summed E-state index contributed by atoms with van der Waals surface area (Å²) in [6.07, 6.45) is 5.19. The van der Waals surface area contributed by atoms with Crippen molar-refractivity contribution in [1.82, 2.24) is 20.5 Å². The Bertz CT molecular complexity index is 629. The number of hydrogen-bond donors (Lipinski definition) is 2. The molecule has 0 bridgehead atoms. The molecule has 3 fully saturated rings.